The Labute approximate surface area is 347 Å². The van der Waals surface area contributed by atoms with Crippen molar-refractivity contribution < 1.29 is 178 Å². The first kappa shape index (κ1) is 49.6. The average molecular weight is 595 g/mol. The second kappa shape index (κ2) is 39.0. The Morgan fingerprint density at radius 1 is 0.486 bits per heavy atom. The Hall–Kier alpha value is 4.98. The van der Waals surface area contributed by atoms with Crippen LogP contribution in [0.1, 0.15) is 143 Å². The second-order valence-electron chi connectivity index (χ2n) is 10.1. The number of ether oxygens (including phenoxy) is 1. The third kappa shape index (κ3) is 63.5. The van der Waals surface area contributed by atoms with Crippen LogP contribution in [0.25, 0.3) is 0 Å². The fourth-order valence-corrected chi connectivity index (χ4v) is 3.74. The monoisotopic (exact) mass is 594 g/mol. The van der Waals surface area contributed by atoms with E-state index in [0.717, 1.165) is 25.0 Å². The topological polar surface area (TPSA) is 95.5 Å². The number of phosphoric acid groups is 1. The Bertz CT molecular complexity index is 376. The van der Waals surface area contributed by atoms with Gasteiger partial charge in [-0.05, 0) is 24.7 Å². The maximum Gasteiger partial charge on any atom is 1.00 e. The van der Waals surface area contributed by atoms with Gasteiger partial charge < -0.3 is 24.0 Å². The zero-order chi connectivity index (χ0) is 24.5. The summed E-state index contributed by atoms with van der Waals surface area (Å²) >= 11 is 0. The molecule has 0 N–H and O–H groups in total. The normalized spacial score (nSPS) is 10.8. The van der Waals surface area contributed by atoms with Gasteiger partial charge in [-0.25, -0.2) is 0 Å². The summed E-state index contributed by atoms with van der Waals surface area (Å²) in [6.45, 7) is 11.3. The van der Waals surface area contributed by atoms with Crippen LogP contribution in [0, 0.1) is 11.8 Å². The van der Waals surface area contributed by atoms with Crippen molar-refractivity contribution in [1.29, 1.82) is 0 Å². The molecule has 0 saturated heterocycles. The maximum absolute atomic E-state index is 8.55. The zero-order valence-electron chi connectivity index (χ0n) is 24.8. The van der Waals surface area contributed by atoms with Gasteiger partial charge in [0.25, 0.3) is 0 Å². The molecule has 0 spiro atoms. The van der Waals surface area contributed by atoms with E-state index >= 15 is 0 Å². The second-order valence-corrected chi connectivity index (χ2v) is 11.0. The third-order valence-corrected chi connectivity index (χ3v) is 5.64. The molecule has 35 heavy (non-hydrogen) atoms. The molecule has 0 heterocycles. The van der Waals surface area contributed by atoms with Crippen molar-refractivity contribution >= 4 is 7.82 Å². The molecule has 0 amide bonds. The van der Waals surface area contributed by atoms with Crippen LogP contribution in [0.5, 0.6) is 0 Å². The minimum absolute atomic E-state index is 0. The number of unbranched alkanes of at least 4 members (excludes halogenated alkanes) is 14. The van der Waals surface area contributed by atoms with Crippen LogP contribution in [-0.2, 0) is 9.30 Å². The van der Waals surface area contributed by atoms with Gasteiger partial charge in [0.05, 0.1) is 0 Å². The summed E-state index contributed by atoms with van der Waals surface area (Å²) in [6.07, 6.45) is 25.3. The minimum Gasteiger partial charge on any atom is -0.822 e. The van der Waals surface area contributed by atoms with Gasteiger partial charge in [-0.1, -0.05) is 130 Å². The predicted molar refractivity (Wildman–Crippen MR) is 131 cm³/mol. The van der Waals surface area contributed by atoms with Crippen LogP contribution in [0.2, 0.25) is 0 Å². The molecular weight excluding hydrogens is 541 g/mol. The van der Waals surface area contributed by atoms with Crippen molar-refractivity contribution in [1.82, 2.24) is 0 Å². The fourth-order valence-electron chi connectivity index (χ4n) is 3.74. The minimum atomic E-state index is -5.39. The predicted octanol–water partition coefficient (Wildman–Crippen LogP) is -2.48. The van der Waals surface area contributed by atoms with E-state index < -0.39 is 7.82 Å². The van der Waals surface area contributed by atoms with Crippen LogP contribution >= 0.6 is 7.82 Å². The van der Waals surface area contributed by atoms with Crippen molar-refractivity contribution in [3.05, 3.63) is 0 Å². The summed E-state index contributed by atoms with van der Waals surface area (Å²) in [4.78, 5) is 25.6. The zero-order valence-corrected chi connectivity index (χ0v) is 35.0. The Balaban J connectivity index is -0.000000338. The van der Waals surface area contributed by atoms with Gasteiger partial charge in [-0.2, -0.15) is 7.82 Å². The molecule has 0 radical (unpaired) electrons. The van der Waals surface area contributed by atoms with Crippen LogP contribution in [0.4, 0.5) is 0 Å². The van der Waals surface area contributed by atoms with Gasteiger partial charge in [-0.15, -0.1) is 0 Å². The van der Waals surface area contributed by atoms with E-state index in [2.05, 4.69) is 27.7 Å². The van der Waals surface area contributed by atoms with Crippen LogP contribution < -0.4 is 169 Å². The number of hydrogen-bond acceptors (Lipinski definition) is 5. The largest absolute Gasteiger partial charge is 1.00 e. The van der Waals surface area contributed by atoms with Gasteiger partial charge in [-0.3, -0.25) is 0 Å². The summed E-state index contributed by atoms with van der Waals surface area (Å²) < 4.78 is 14.3. The SMILES string of the molecule is CC(C)CCCCCCCCCCOCCCCCCCCCCC(C)C.O=P([O-])([O-])[O-].[K+].[K+].[K+]. The molecular formula is C26H54K3O5P. The van der Waals surface area contributed by atoms with Crippen molar-refractivity contribution in [3.63, 3.8) is 0 Å². The first-order chi connectivity index (χ1) is 15.1. The van der Waals surface area contributed by atoms with E-state index in [-0.39, 0.29) is 154 Å². The van der Waals surface area contributed by atoms with Gasteiger partial charge in [0.15, 0.2) is 0 Å². The Kier molecular flexibility index (Phi) is 55.3. The standard InChI is InChI=1S/C26H54O.3K.H3O4P/c1-25(2)21-17-13-9-5-7-11-15-19-23-27-24-20-16-12-8-6-10-14-18-22-26(3)4;;;;1-5(2,3)4/h25-26H,5-24H2,1-4H3;;;;(H3,1,2,3,4)/q;3*+1;/p-3. The molecule has 0 unspecified atom stereocenters. The first-order valence-corrected chi connectivity index (χ1v) is 14.9. The van der Waals surface area contributed by atoms with Crippen molar-refractivity contribution in [3.8, 4) is 0 Å². The molecule has 0 aromatic heterocycles. The average Bonchev–Trinajstić information content (AvgIpc) is 2.67. The quantitative estimate of drug-likeness (QED) is 0.0787. The fraction of sp³-hybridized carbons (Fsp3) is 1.00. The smallest absolute Gasteiger partial charge is 0.822 e. The van der Waals surface area contributed by atoms with Crippen molar-refractivity contribution in [2.75, 3.05) is 13.2 Å². The molecule has 0 saturated carbocycles. The summed E-state index contributed by atoms with van der Waals surface area (Å²) in [7, 11) is -5.39. The van der Waals surface area contributed by atoms with Gasteiger partial charge in [0, 0.05) is 13.2 Å². The number of rotatable bonds is 22. The first-order valence-electron chi connectivity index (χ1n) is 13.4. The van der Waals surface area contributed by atoms with E-state index in [1.807, 2.05) is 0 Å². The van der Waals surface area contributed by atoms with Crippen molar-refractivity contribution in [2.24, 2.45) is 11.8 Å². The van der Waals surface area contributed by atoms with Gasteiger partial charge >= 0.3 is 154 Å². The molecule has 5 nitrogen and oxygen atoms in total. The molecule has 0 aliphatic heterocycles. The van der Waals surface area contributed by atoms with Crippen LogP contribution in [0.3, 0.4) is 0 Å². The molecule has 0 atom stereocenters. The molecule has 196 valence electrons. The molecule has 0 rings (SSSR count). The molecule has 0 aliphatic carbocycles. The van der Waals surface area contributed by atoms with Gasteiger partial charge in [0.2, 0.25) is 0 Å². The van der Waals surface area contributed by atoms with E-state index in [0.29, 0.717) is 0 Å². The van der Waals surface area contributed by atoms with E-state index in [9.17, 15) is 0 Å². The summed E-state index contributed by atoms with van der Waals surface area (Å²) in [5.74, 6) is 1.77. The number of hydrogen-bond donors (Lipinski definition) is 0. The summed E-state index contributed by atoms with van der Waals surface area (Å²) in [6, 6.07) is 0. The Morgan fingerprint density at radius 3 is 0.914 bits per heavy atom. The molecule has 0 aromatic rings. The van der Waals surface area contributed by atoms with Crippen LogP contribution in [-0.4, -0.2) is 13.2 Å². The summed E-state index contributed by atoms with van der Waals surface area (Å²) in [5, 5.41) is 0. The molecule has 0 bridgehead atoms. The van der Waals surface area contributed by atoms with Gasteiger partial charge in [0.1, 0.15) is 0 Å². The molecule has 0 fully saturated rings. The van der Waals surface area contributed by atoms with E-state index in [1.54, 1.807) is 0 Å². The molecule has 9 heteroatoms. The van der Waals surface area contributed by atoms with E-state index in [4.69, 9.17) is 24.0 Å². The summed E-state index contributed by atoms with van der Waals surface area (Å²) in [5.41, 5.74) is 0. The van der Waals surface area contributed by atoms with E-state index in [1.165, 1.54) is 116 Å². The third-order valence-electron chi connectivity index (χ3n) is 5.64. The molecule has 0 aromatic carbocycles. The van der Waals surface area contributed by atoms with Crippen molar-refractivity contribution in [2.45, 2.75) is 143 Å². The maximum atomic E-state index is 8.55. The molecule has 0 aliphatic rings. The Morgan fingerprint density at radius 2 is 0.686 bits per heavy atom. The van der Waals surface area contributed by atoms with Crippen LogP contribution in [0.15, 0.2) is 0 Å².